The second-order valence-electron chi connectivity index (χ2n) is 11.2. The molecule has 3 fully saturated rings. The zero-order valence-electron chi connectivity index (χ0n) is 23.7. The molecule has 0 unspecified atom stereocenters. The molecule has 3 aliphatic rings. The molecule has 0 bridgehead atoms. The van der Waals surface area contributed by atoms with Crippen molar-refractivity contribution >= 4 is 17.1 Å². The molecular weight excluding hydrogens is 486 g/mol. The molecule has 6 rings (SSSR count). The highest BCUT2D eigenvalue weighted by Gasteiger charge is 2.42. The van der Waals surface area contributed by atoms with Gasteiger partial charge in [-0.3, -0.25) is 15.0 Å². The summed E-state index contributed by atoms with van der Waals surface area (Å²) in [6.45, 7) is 2.92. The van der Waals surface area contributed by atoms with Crippen molar-refractivity contribution in [1.29, 1.82) is 0 Å². The Hall–Kier alpha value is -3.27. The Kier molecular flexibility index (Phi) is 9.72. The summed E-state index contributed by atoms with van der Waals surface area (Å²) in [6.07, 6.45) is 18.3. The molecule has 6 N–H and O–H groups in total. The molecule has 39 heavy (non-hydrogen) atoms. The Bertz CT molecular complexity index is 1100. The second kappa shape index (κ2) is 13.2. The monoisotopic (exact) mass is 531 g/mol. The van der Waals surface area contributed by atoms with Crippen molar-refractivity contribution in [3.05, 3.63) is 73.6 Å². The van der Waals surface area contributed by atoms with Crippen LogP contribution in [-0.4, -0.2) is 72.3 Å². The van der Waals surface area contributed by atoms with Crippen LogP contribution in [0.1, 0.15) is 38.5 Å². The molecule has 0 amide bonds. The summed E-state index contributed by atoms with van der Waals surface area (Å²) in [5, 5.41) is 13.4. The highest BCUT2D eigenvalue weighted by atomic mass is 15.2. The first-order valence-electron chi connectivity index (χ1n) is 13.9. The van der Waals surface area contributed by atoms with Crippen LogP contribution in [0.4, 0.5) is 17.1 Å². The van der Waals surface area contributed by atoms with Crippen LogP contribution in [0.5, 0.6) is 0 Å². The molecule has 9 heteroatoms. The molecule has 3 heterocycles. The summed E-state index contributed by atoms with van der Waals surface area (Å²) < 4.78 is 0. The number of nitrogens with two attached hydrogens (primary N) is 1. The highest BCUT2D eigenvalue weighted by Crippen LogP contribution is 2.36. The number of nitrogens with one attached hydrogen (secondary N) is 4. The smallest absolute Gasteiger partial charge is 0.0550 e. The van der Waals surface area contributed by atoms with Crippen LogP contribution in [0.15, 0.2) is 73.6 Å². The van der Waals surface area contributed by atoms with Gasteiger partial charge in [-0.1, -0.05) is 0 Å². The van der Waals surface area contributed by atoms with Gasteiger partial charge >= 0.3 is 0 Å². The van der Waals surface area contributed by atoms with Crippen LogP contribution in [0.3, 0.4) is 0 Å². The highest BCUT2D eigenvalue weighted by molar-refractivity contribution is 5.44. The molecular formula is C30H45N9. The van der Waals surface area contributed by atoms with Crippen molar-refractivity contribution in [2.75, 3.05) is 56.3 Å². The van der Waals surface area contributed by atoms with E-state index in [0.29, 0.717) is 11.1 Å². The number of hydrogen-bond acceptors (Lipinski definition) is 9. The van der Waals surface area contributed by atoms with Crippen LogP contribution in [0.2, 0.25) is 0 Å². The molecule has 0 aliphatic heterocycles. The molecule has 3 aliphatic carbocycles. The molecule has 3 aromatic heterocycles. The van der Waals surface area contributed by atoms with Gasteiger partial charge in [0.15, 0.2) is 0 Å². The first-order chi connectivity index (χ1) is 18.9. The average Bonchev–Trinajstić information content (AvgIpc) is 3.91. The van der Waals surface area contributed by atoms with Crippen molar-refractivity contribution in [3.63, 3.8) is 0 Å². The minimum absolute atomic E-state index is 0.0653. The average molecular weight is 532 g/mol. The molecule has 0 saturated heterocycles. The Morgan fingerprint density at radius 3 is 1.64 bits per heavy atom. The summed E-state index contributed by atoms with van der Waals surface area (Å²) >= 11 is 0. The lowest BCUT2D eigenvalue weighted by Crippen LogP contribution is -2.39. The Balaban J connectivity index is 0.000000136. The predicted molar refractivity (Wildman–Crippen MR) is 161 cm³/mol. The number of rotatable bonds is 11. The first kappa shape index (κ1) is 28.7. The van der Waals surface area contributed by atoms with E-state index in [0.717, 1.165) is 43.9 Å². The second-order valence-corrected chi connectivity index (χ2v) is 11.2. The molecule has 210 valence electrons. The maximum absolute atomic E-state index is 5.91. The van der Waals surface area contributed by atoms with E-state index in [2.05, 4.69) is 54.2 Å². The number of aromatic nitrogens is 3. The lowest BCUT2D eigenvalue weighted by molar-refractivity contribution is 0.549. The largest absolute Gasteiger partial charge is 0.382 e. The fourth-order valence-electron chi connectivity index (χ4n) is 4.25. The molecule has 0 spiro atoms. The zero-order chi connectivity index (χ0) is 27.6. The lowest BCUT2D eigenvalue weighted by atomic mass is 10.2. The predicted octanol–water partition coefficient (Wildman–Crippen LogP) is 3.50. The standard InChI is InChI=1S/C11H17N3.C10H15N3.C9H13N3/c1-12-11(5-6-11)9-14(2)10-4-3-7-13-8-10;1-11-10(4-5-10)8-13-9-3-2-6-12-7-9;10-9(3-4-9)7-12-8-2-1-5-11-6-8/h3-4,7-8,12H,5-6,9H2,1-2H3;2-3,6-7,11,13H,4-5,8H2,1H3;1-2,5-6,12H,3-4,7,10H2. The van der Waals surface area contributed by atoms with E-state index in [1.54, 1.807) is 12.4 Å². The number of anilines is 3. The molecule has 0 aromatic carbocycles. The van der Waals surface area contributed by atoms with Gasteiger partial charge in [0.25, 0.3) is 0 Å². The van der Waals surface area contributed by atoms with Crippen LogP contribution in [0, 0.1) is 0 Å². The fourth-order valence-corrected chi connectivity index (χ4v) is 4.25. The van der Waals surface area contributed by atoms with Gasteiger partial charge in [0, 0.05) is 74.3 Å². The van der Waals surface area contributed by atoms with Crippen LogP contribution in [-0.2, 0) is 0 Å². The molecule has 0 atom stereocenters. The maximum atomic E-state index is 5.91. The van der Waals surface area contributed by atoms with E-state index in [1.807, 2.05) is 69.2 Å². The minimum atomic E-state index is 0.0653. The molecule has 3 aromatic rings. The first-order valence-corrected chi connectivity index (χ1v) is 13.9. The van der Waals surface area contributed by atoms with Crippen molar-refractivity contribution in [2.45, 2.75) is 55.1 Å². The number of likely N-dealkylation sites (N-methyl/N-ethyl adjacent to an activating group) is 3. The third-order valence-electron chi connectivity index (χ3n) is 7.89. The Morgan fingerprint density at radius 1 is 0.718 bits per heavy atom. The third kappa shape index (κ3) is 9.45. The van der Waals surface area contributed by atoms with Crippen molar-refractivity contribution in [1.82, 2.24) is 25.6 Å². The van der Waals surface area contributed by atoms with Gasteiger partial charge < -0.3 is 31.9 Å². The maximum Gasteiger partial charge on any atom is 0.0550 e. The number of hydrogen-bond donors (Lipinski definition) is 5. The van der Waals surface area contributed by atoms with Crippen LogP contribution in [0.25, 0.3) is 0 Å². The topological polar surface area (TPSA) is 116 Å². The molecule has 9 nitrogen and oxygen atoms in total. The zero-order valence-corrected chi connectivity index (χ0v) is 23.7. The Morgan fingerprint density at radius 2 is 1.23 bits per heavy atom. The number of pyridine rings is 3. The van der Waals surface area contributed by atoms with Gasteiger partial charge in [0.1, 0.15) is 0 Å². The van der Waals surface area contributed by atoms with Gasteiger partial charge in [0.2, 0.25) is 0 Å². The van der Waals surface area contributed by atoms with E-state index >= 15 is 0 Å². The van der Waals surface area contributed by atoms with E-state index in [1.165, 1.54) is 31.4 Å². The van der Waals surface area contributed by atoms with E-state index in [9.17, 15) is 0 Å². The van der Waals surface area contributed by atoms with Crippen LogP contribution < -0.4 is 31.9 Å². The molecule has 0 radical (unpaired) electrons. The van der Waals surface area contributed by atoms with E-state index < -0.39 is 0 Å². The van der Waals surface area contributed by atoms with Crippen molar-refractivity contribution < 1.29 is 0 Å². The summed E-state index contributed by atoms with van der Waals surface area (Å²) in [4.78, 5) is 14.4. The Labute approximate surface area is 233 Å². The SMILES string of the molecule is CNC1(CN(C)c2cccnc2)CC1.CNC1(CNc2cccnc2)CC1.NC1(CNc2cccnc2)CC1. The van der Waals surface area contributed by atoms with E-state index in [-0.39, 0.29) is 5.54 Å². The summed E-state index contributed by atoms with van der Waals surface area (Å²) in [6, 6.07) is 12.0. The quantitative estimate of drug-likeness (QED) is 0.253. The summed E-state index contributed by atoms with van der Waals surface area (Å²) in [7, 11) is 6.19. The normalized spacial score (nSPS) is 18.3. The summed E-state index contributed by atoms with van der Waals surface area (Å²) in [5.41, 5.74) is 10.0. The molecule has 3 saturated carbocycles. The van der Waals surface area contributed by atoms with Gasteiger partial charge in [-0.05, 0) is 89.0 Å². The fraction of sp³-hybridized carbons (Fsp3) is 0.500. The van der Waals surface area contributed by atoms with Crippen molar-refractivity contribution in [2.24, 2.45) is 5.73 Å². The summed E-state index contributed by atoms with van der Waals surface area (Å²) in [5.74, 6) is 0. The van der Waals surface area contributed by atoms with Gasteiger partial charge in [-0.15, -0.1) is 0 Å². The van der Waals surface area contributed by atoms with Crippen molar-refractivity contribution in [3.8, 4) is 0 Å². The van der Waals surface area contributed by atoms with E-state index in [4.69, 9.17) is 5.73 Å². The van der Waals surface area contributed by atoms with Crippen LogP contribution >= 0.6 is 0 Å². The number of nitrogens with zero attached hydrogens (tertiary/aromatic N) is 4. The lowest BCUT2D eigenvalue weighted by Gasteiger charge is -2.24. The minimum Gasteiger partial charge on any atom is -0.382 e. The third-order valence-corrected chi connectivity index (χ3v) is 7.89. The van der Waals surface area contributed by atoms with Gasteiger partial charge in [0.05, 0.1) is 23.3 Å². The van der Waals surface area contributed by atoms with Gasteiger partial charge in [-0.25, -0.2) is 0 Å². The van der Waals surface area contributed by atoms with Gasteiger partial charge in [-0.2, -0.15) is 0 Å².